The monoisotopic (exact) mass is 376 g/mol. The molecule has 1 aliphatic rings. The van der Waals surface area contributed by atoms with Gasteiger partial charge in [0.05, 0.1) is 22.3 Å². The Kier molecular flexibility index (Phi) is 3.75. The molecule has 0 radical (unpaired) electrons. The highest BCUT2D eigenvalue weighted by Gasteiger charge is 2.15. The number of hydrogen-bond donors (Lipinski definition) is 1. The van der Waals surface area contributed by atoms with Crippen molar-refractivity contribution in [2.45, 2.75) is 26.2 Å². The molecule has 1 aliphatic carbocycles. The highest BCUT2D eigenvalue weighted by atomic mass is 32.1. The molecule has 1 aromatic carbocycles. The highest BCUT2D eigenvalue weighted by Crippen LogP contribution is 2.30. The van der Waals surface area contributed by atoms with Crippen molar-refractivity contribution in [3.05, 3.63) is 58.2 Å². The number of nitrogens with one attached hydrogen (secondary N) is 1. The number of pyridine rings is 1. The number of rotatable bonds is 3. The van der Waals surface area contributed by atoms with Gasteiger partial charge in [-0.05, 0) is 49.4 Å². The summed E-state index contributed by atoms with van der Waals surface area (Å²) in [5, 5.41) is 9.99. The van der Waals surface area contributed by atoms with Gasteiger partial charge >= 0.3 is 0 Å². The molecule has 0 saturated heterocycles. The van der Waals surface area contributed by atoms with Gasteiger partial charge in [0, 0.05) is 17.1 Å². The van der Waals surface area contributed by atoms with Crippen molar-refractivity contribution in [1.29, 1.82) is 0 Å². The van der Waals surface area contributed by atoms with Crippen molar-refractivity contribution in [3.8, 4) is 11.3 Å². The molecule has 0 aliphatic heterocycles. The fraction of sp³-hybridized carbons (Fsp3) is 0.200. The average molecular weight is 376 g/mol. The molecule has 0 bridgehead atoms. The first kappa shape index (κ1) is 16.1. The lowest BCUT2D eigenvalue weighted by Crippen LogP contribution is -2.12. The maximum absolute atomic E-state index is 12.6. The summed E-state index contributed by atoms with van der Waals surface area (Å²) in [5.41, 5.74) is 6.41. The van der Waals surface area contributed by atoms with E-state index in [-0.39, 0.29) is 5.91 Å². The van der Waals surface area contributed by atoms with Gasteiger partial charge < -0.3 is 4.52 Å². The van der Waals surface area contributed by atoms with Crippen molar-refractivity contribution in [1.82, 2.24) is 15.1 Å². The van der Waals surface area contributed by atoms with Gasteiger partial charge in [-0.3, -0.25) is 10.1 Å². The van der Waals surface area contributed by atoms with E-state index in [1.165, 1.54) is 35.1 Å². The third kappa shape index (κ3) is 2.90. The number of nitrogens with zero attached hydrogens (tertiary/aromatic N) is 3. The summed E-state index contributed by atoms with van der Waals surface area (Å²) in [6.45, 7) is 1.82. The fourth-order valence-electron chi connectivity index (χ4n) is 3.43. The van der Waals surface area contributed by atoms with Gasteiger partial charge in [0.25, 0.3) is 11.6 Å². The summed E-state index contributed by atoms with van der Waals surface area (Å²) in [4.78, 5) is 21.3. The molecule has 4 aromatic rings. The van der Waals surface area contributed by atoms with Gasteiger partial charge in [0.15, 0.2) is 5.13 Å². The summed E-state index contributed by atoms with van der Waals surface area (Å²) >= 11 is 1.41. The maximum Gasteiger partial charge on any atom is 0.259 e. The minimum absolute atomic E-state index is 0.250. The van der Waals surface area contributed by atoms with Crippen molar-refractivity contribution in [3.63, 3.8) is 0 Å². The maximum atomic E-state index is 12.6. The zero-order valence-corrected chi connectivity index (χ0v) is 15.5. The molecule has 0 saturated carbocycles. The van der Waals surface area contributed by atoms with E-state index >= 15 is 0 Å². The molecule has 5 rings (SSSR count). The lowest BCUT2D eigenvalue weighted by atomic mass is 10.1. The van der Waals surface area contributed by atoms with E-state index in [1.54, 1.807) is 6.07 Å². The van der Waals surface area contributed by atoms with Crippen LogP contribution in [-0.4, -0.2) is 21.0 Å². The Hall–Kier alpha value is -3.06. The van der Waals surface area contributed by atoms with Crippen LogP contribution in [0, 0.1) is 6.92 Å². The van der Waals surface area contributed by atoms with Crippen LogP contribution >= 0.6 is 11.3 Å². The Balaban J connectivity index is 1.38. The Morgan fingerprint density at radius 2 is 2.11 bits per heavy atom. The lowest BCUT2D eigenvalue weighted by Gasteiger charge is -2.03. The first-order valence-corrected chi connectivity index (χ1v) is 9.66. The van der Waals surface area contributed by atoms with Crippen LogP contribution in [0.25, 0.3) is 22.4 Å². The molecular formula is C20H16N4O2S. The van der Waals surface area contributed by atoms with Gasteiger partial charge in [-0.2, -0.15) is 0 Å². The summed E-state index contributed by atoms with van der Waals surface area (Å²) < 4.78 is 5.08. The largest absolute Gasteiger partial charge is 0.336 e. The minimum Gasteiger partial charge on any atom is -0.336 e. The van der Waals surface area contributed by atoms with Crippen LogP contribution in [0.3, 0.4) is 0 Å². The Bertz CT molecular complexity index is 1180. The molecule has 0 spiro atoms. The van der Waals surface area contributed by atoms with Gasteiger partial charge in [-0.25, -0.2) is 9.97 Å². The summed E-state index contributed by atoms with van der Waals surface area (Å²) in [5.74, 6) is -0.250. The van der Waals surface area contributed by atoms with E-state index < -0.39 is 0 Å². The molecule has 3 aromatic heterocycles. The summed E-state index contributed by atoms with van der Waals surface area (Å²) in [6.07, 6.45) is 5.01. The Labute approximate surface area is 159 Å². The molecule has 0 unspecified atom stereocenters. The van der Waals surface area contributed by atoms with Gasteiger partial charge in [-0.15, -0.1) is 11.3 Å². The summed E-state index contributed by atoms with van der Waals surface area (Å²) in [6, 6.07) is 8.25. The molecule has 6 nitrogen and oxygen atoms in total. The highest BCUT2D eigenvalue weighted by molar-refractivity contribution is 7.14. The summed E-state index contributed by atoms with van der Waals surface area (Å²) in [7, 11) is 0. The van der Waals surface area contributed by atoms with Crippen molar-refractivity contribution < 1.29 is 9.32 Å². The molecule has 0 atom stereocenters. The van der Waals surface area contributed by atoms with Gasteiger partial charge in [0.2, 0.25) is 0 Å². The number of anilines is 1. The number of benzene rings is 1. The number of amides is 1. The van der Waals surface area contributed by atoms with Gasteiger partial charge in [0.1, 0.15) is 0 Å². The van der Waals surface area contributed by atoms with E-state index in [9.17, 15) is 4.79 Å². The zero-order valence-electron chi connectivity index (χ0n) is 14.7. The third-order valence-corrected chi connectivity index (χ3v) is 5.65. The molecule has 0 fully saturated rings. The number of thiazole rings is 1. The van der Waals surface area contributed by atoms with Crippen molar-refractivity contribution in [2.75, 3.05) is 5.32 Å². The number of aromatic nitrogens is 3. The van der Waals surface area contributed by atoms with Crippen LogP contribution in [0.15, 0.2) is 40.4 Å². The molecule has 1 amide bonds. The molecule has 1 N–H and O–H groups in total. The van der Waals surface area contributed by atoms with Crippen LogP contribution in [0.4, 0.5) is 5.13 Å². The zero-order chi connectivity index (χ0) is 18.4. The van der Waals surface area contributed by atoms with Crippen molar-refractivity contribution in [2.24, 2.45) is 0 Å². The molecule has 7 heteroatoms. The van der Waals surface area contributed by atoms with Gasteiger partial charge in [-0.1, -0.05) is 17.3 Å². The molecule has 27 heavy (non-hydrogen) atoms. The topological polar surface area (TPSA) is 80.9 Å². The fourth-order valence-corrected chi connectivity index (χ4v) is 4.15. The van der Waals surface area contributed by atoms with E-state index in [0.717, 1.165) is 29.5 Å². The number of fused-ring (bicyclic) bond motifs is 2. The van der Waals surface area contributed by atoms with Crippen LogP contribution in [0.5, 0.6) is 0 Å². The molecular weight excluding hydrogens is 360 g/mol. The number of aryl methyl sites for hydroxylation is 3. The molecule has 3 heterocycles. The second-order valence-electron chi connectivity index (χ2n) is 6.67. The van der Waals surface area contributed by atoms with E-state index in [0.29, 0.717) is 22.1 Å². The number of hydrogen-bond acceptors (Lipinski definition) is 6. The normalized spacial score (nSPS) is 13.1. The first-order valence-electron chi connectivity index (χ1n) is 8.78. The van der Waals surface area contributed by atoms with E-state index in [4.69, 9.17) is 4.52 Å². The number of carbonyl (C=O) groups excluding carboxylic acids is 1. The predicted octanol–water partition coefficient (Wildman–Crippen LogP) is 4.40. The number of carbonyl (C=O) groups is 1. The second kappa shape index (κ2) is 6.28. The van der Waals surface area contributed by atoms with Crippen LogP contribution in [0.2, 0.25) is 0 Å². The quantitative estimate of drug-likeness (QED) is 0.573. The Morgan fingerprint density at radius 3 is 3.04 bits per heavy atom. The molecule has 134 valence electrons. The SMILES string of the molecule is Cc1noc2ncc(C(=O)Nc3nc(-c4ccc5c(c4)CCC5)cs3)cc12. The van der Waals surface area contributed by atoms with Crippen LogP contribution < -0.4 is 5.32 Å². The predicted molar refractivity (Wildman–Crippen MR) is 104 cm³/mol. The third-order valence-electron chi connectivity index (χ3n) is 4.89. The van der Waals surface area contributed by atoms with Crippen LogP contribution in [-0.2, 0) is 12.8 Å². The lowest BCUT2D eigenvalue weighted by molar-refractivity contribution is 0.102. The second-order valence-corrected chi connectivity index (χ2v) is 7.53. The van der Waals surface area contributed by atoms with E-state index in [1.807, 2.05) is 12.3 Å². The van der Waals surface area contributed by atoms with Crippen molar-refractivity contribution >= 4 is 33.5 Å². The van der Waals surface area contributed by atoms with E-state index in [2.05, 4.69) is 38.6 Å². The Morgan fingerprint density at radius 1 is 1.22 bits per heavy atom. The standard InChI is InChI=1S/C20H16N4O2S/c1-11-16-8-15(9-21-19(16)26-24-11)18(25)23-20-22-17(10-27-20)14-6-5-12-3-2-4-13(12)7-14/h5-10H,2-4H2,1H3,(H,22,23,25). The minimum atomic E-state index is -0.250. The van der Waals surface area contributed by atoms with Crippen LogP contribution in [0.1, 0.15) is 33.6 Å². The average Bonchev–Trinajstić information content (AvgIpc) is 3.41. The first-order chi connectivity index (χ1) is 13.2. The smallest absolute Gasteiger partial charge is 0.259 e.